The molecule has 0 saturated carbocycles. The van der Waals surface area contributed by atoms with Crippen LogP contribution in [0.4, 0.5) is 5.69 Å². The van der Waals surface area contributed by atoms with Crippen molar-refractivity contribution in [2.24, 2.45) is 0 Å². The van der Waals surface area contributed by atoms with E-state index < -0.39 is 5.97 Å². The van der Waals surface area contributed by atoms with Crippen LogP contribution in [0.15, 0.2) is 22.7 Å². The standard InChI is InChI=1S/C13H17BrN2O3/c1-8(2)15-6-5-12(17)16-11-4-3-9(13(18)19)7-10(11)14/h3-4,7-8,15H,5-6H2,1-2H3,(H,16,17)(H,18,19). The van der Waals surface area contributed by atoms with Crippen molar-refractivity contribution in [1.82, 2.24) is 5.32 Å². The summed E-state index contributed by atoms with van der Waals surface area (Å²) in [7, 11) is 0. The van der Waals surface area contributed by atoms with Crippen LogP contribution in [0.2, 0.25) is 0 Å². The summed E-state index contributed by atoms with van der Waals surface area (Å²) in [5.74, 6) is -1.11. The Bertz CT molecular complexity index is 475. The molecule has 6 heteroatoms. The number of benzene rings is 1. The van der Waals surface area contributed by atoms with Gasteiger partial charge in [-0.1, -0.05) is 13.8 Å². The van der Waals surface area contributed by atoms with E-state index >= 15 is 0 Å². The summed E-state index contributed by atoms with van der Waals surface area (Å²) in [4.78, 5) is 22.5. The fourth-order valence-electron chi connectivity index (χ4n) is 1.44. The van der Waals surface area contributed by atoms with Crippen molar-refractivity contribution in [3.05, 3.63) is 28.2 Å². The lowest BCUT2D eigenvalue weighted by atomic mass is 10.2. The largest absolute Gasteiger partial charge is 0.478 e. The molecule has 104 valence electrons. The van der Waals surface area contributed by atoms with Gasteiger partial charge in [0.25, 0.3) is 0 Å². The second-order valence-corrected chi connectivity index (χ2v) is 5.26. The lowest BCUT2D eigenvalue weighted by molar-refractivity contribution is -0.116. The van der Waals surface area contributed by atoms with Crippen molar-refractivity contribution in [3.8, 4) is 0 Å². The Morgan fingerprint density at radius 1 is 1.37 bits per heavy atom. The number of amides is 1. The highest BCUT2D eigenvalue weighted by atomic mass is 79.9. The zero-order valence-corrected chi connectivity index (χ0v) is 12.5. The first-order chi connectivity index (χ1) is 8.90. The minimum absolute atomic E-state index is 0.114. The van der Waals surface area contributed by atoms with E-state index in [2.05, 4.69) is 26.6 Å². The number of carbonyl (C=O) groups excluding carboxylic acids is 1. The number of aromatic carboxylic acids is 1. The normalized spacial score (nSPS) is 10.5. The van der Waals surface area contributed by atoms with Crippen molar-refractivity contribution in [1.29, 1.82) is 0 Å². The number of hydrogen-bond donors (Lipinski definition) is 3. The van der Waals surface area contributed by atoms with Gasteiger partial charge in [0.05, 0.1) is 11.3 Å². The minimum atomic E-state index is -1.00. The van der Waals surface area contributed by atoms with E-state index in [-0.39, 0.29) is 11.5 Å². The maximum absolute atomic E-state index is 11.7. The van der Waals surface area contributed by atoms with Gasteiger partial charge < -0.3 is 15.7 Å². The molecule has 0 heterocycles. The Labute approximate surface area is 120 Å². The van der Waals surface area contributed by atoms with Gasteiger partial charge in [-0.25, -0.2) is 4.79 Å². The molecule has 0 aliphatic carbocycles. The first kappa shape index (κ1) is 15.7. The molecule has 0 atom stereocenters. The molecular weight excluding hydrogens is 312 g/mol. The Morgan fingerprint density at radius 2 is 2.05 bits per heavy atom. The highest BCUT2D eigenvalue weighted by Gasteiger charge is 2.09. The molecular formula is C13H17BrN2O3. The van der Waals surface area contributed by atoms with Gasteiger partial charge in [-0.05, 0) is 34.1 Å². The quantitative estimate of drug-likeness (QED) is 0.749. The molecule has 0 spiro atoms. The maximum atomic E-state index is 11.7. The van der Waals surface area contributed by atoms with Gasteiger partial charge in [-0.2, -0.15) is 0 Å². The molecule has 1 amide bonds. The van der Waals surface area contributed by atoms with Crippen LogP contribution in [0.3, 0.4) is 0 Å². The number of carbonyl (C=O) groups is 2. The molecule has 3 N–H and O–H groups in total. The van der Waals surface area contributed by atoms with Gasteiger partial charge in [0.2, 0.25) is 5.91 Å². The number of hydrogen-bond acceptors (Lipinski definition) is 3. The van der Waals surface area contributed by atoms with Crippen molar-refractivity contribution < 1.29 is 14.7 Å². The summed E-state index contributed by atoms with van der Waals surface area (Å²) in [6, 6.07) is 4.83. The molecule has 0 fully saturated rings. The van der Waals surface area contributed by atoms with Gasteiger partial charge in [0, 0.05) is 23.5 Å². The van der Waals surface area contributed by atoms with Gasteiger partial charge in [-0.15, -0.1) is 0 Å². The molecule has 19 heavy (non-hydrogen) atoms. The fraction of sp³-hybridized carbons (Fsp3) is 0.385. The predicted molar refractivity (Wildman–Crippen MR) is 77.5 cm³/mol. The number of nitrogens with one attached hydrogen (secondary N) is 2. The van der Waals surface area contributed by atoms with Crippen LogP contribution in [-0.2, 0) is 4.79 Å². The van der Waals surface area contributed by atoms with Crippen molar-refractivity contribution >= 4 is 33.5 Å². The summed E-state index contributed by atoms with van der Waals surface area (Å²) in [6.45, 7) is 4.63. The third-order valence-electron chi connectivity index (χ3n) is 2.39. The van der Waals surface area contributed by atoms with Crippen LogP contribution in [0.25, 0.3) is 0 Å². The smallest absolute Gasteiger partial charge is 0.335 e. The van der Waals surface area contributed by atoms with Crippen molar-refractivity contribution in [2.45, 2.75) is 26.3 Å². The average molecular weight is 329 g/mol. The number of carboxylic acids is 1. The number of carboxylic acid groups (broad SMARTS) is 1. The Morgan fingerprint density at radius 3 is 2.58 bits per heavy atom. The molecule has 0 radical (unpaired) electrons. The maximum Gasteiger partial charge on any atom is 0.335 e. The SMILES string of the molecule is CC(C)NCCC(=O)Nc1ccc(C(=O)O)cc1Br. The molecule has 0 aromatic heterocycles. The predicted octanol–water partition coefficient (Wildman–Crippen LogP) is 2.47. The summed E-state index contributed by atoms with van der Waals surface area (Å²) in [5, 5.41) is 14.7. The molecule has 0 saturated heterocycles. The number of halogens is 1. The van der Waals surface area contributed by atoms with E-state index in [4.69, 9.17) is 5.11 Å². The molecule has 5 nitrogen and oxygen atoms in total. The zero-order chi connectivity index (χ0) is 14.4. The second kappa shape index (κ2) is 7.25. The first-order valence-corrected chi connectivity index (χ1v) is 6.75. The number of rotatable bonds is 6. The van der Waals surface area contributed by atoms with E-state index in [0.29, 0.717) is 29.2 Å². The molecule has 0 unspecified atom stereocenters. The average Bonchev–Trinajstić information content (AvgIpc) is 2.31. The van der Waals surface area contributed by atoms with Gasteiger partial charge >= 0.3 is 5.97 Å². The van der Waals surface area contributed by atoms with E-state index in [1.54, 1.807) is 6.07 Å². The minimum Gasteiger partial charge on any atom is -0.478 e. The second-order valence-electron chi connectivity index (χ2n) is 4.41. The van der Waals surface area contributed by atoms with E-state index in [1.165, 1.54) is 12.1 Å². The molecule has 0 bridgehead atoms. The van der Waals surface area contributed by atoms with E-state index in [1.807, 2.05) is 13.8 Å². The first-order valence-electron chi connectivity index (χ1n) is 5.96. The van der Waals surface area contributed by atoms with Crippen LogP contribution >= 0.6 is 15.9 Å². The fourth-order valence-corrected chi connectivity index (χ4v) is 1.91. The topological polar surface area (TPSA) is 78.4 Å². The Kier molecular flexibility index (Phi) is 5.98. The van der Waals surface area contributed by atoms with Crippen LogP contribution in [0.5, 0.6) is 0 Å². The summed E-state index contributed by atoms with van der Waals surface area (Å²) < 4.78 is 0.553. The lowest BCUT2D eigenvalue weighted by Crippen LogP contribution is -2.27. The summed E-state index contributed by atoms with van der Waals surface area (Å²) in [6.07, 6.45) is 0.366. The van der Waals surface area contributed by atoms with Crippen LogP contribution in [0.1, 0.15) is 30.6 Å². The van der Waals surface area contributed by atoms with Crippen molar-refractivity contribution in [3.63, 3.8) is 0 Å². The van der Waals surface area contributed by atoms with Gasteiger partial charge in [-0.3, -0.25) is 4.79 Å². The third kappa shape index (κ3) is 5.40. The molecule has 0 aliphatic heterocycles. The van der Waals surface area contributed by atoms with Crippen LogP contribution in [-0.4, -0.2) is 29.6 Å². The molecule has 0 aliphatic rings. The zero-order valence-electron chi connectivity index (χ0n) is 10.9. The summed E-state index contributed by atoms with van der Waals surface area (Å²) >= 11 is 3.24. The molecule has 1 aromatic rings. The van der Waals surface area contributed by atoms with Crippen LogP contribution in [0, 0.1) is 0 Å². The monoisotopic (exact) mass is 328 g/mol. The molecule has 1 rings (SSSR count). The highest BCUT2D eigenvalue weighted by molar-refractivity contribution is 9.10. The Balaban J connectivity index is 2.57. The van der Waals surface area contributed by atoms with Gasteiger partial charge in [0.1, 0.15) is 0 Å². The Hall–Kier alpha value is -1.40. The number of anilines is 1. The third-order valence-corrected chi connectivity index (χ3v) is 3.05. The van der Waals surface area contributed by atoms with E-state index in [9.17, 15) is 9.59 Å². The highest BCUT2D eigenvalue weighted by Crippen LogP contribution is 2.23. The lowest BCUT2D eigenvalue weighted by Gasteiger charge is -2.10. The van der Waals surface area contributed by atoms with Crippen LogP contribution < -0.4 is 10.6 Å². The summed E-state index contributed by atoms with van der Waals surface area (Å²) in [5.41, 5.74) is 0.742. The van der Waals surface area contributed by atoms with Crippen molar-refractivity contribution in [2.75, 3.05) is 11.9 Å². The van der Waals surface area contributed by atoms with Gasteiger partial charge in [0.15, 0.2) is 0 Å². The van der Waals surface area contributed by atoms with E-state index in [0.717, 1.165) is 0 Å². The molecule has 1 aromatic carbocycles.